The van der Waals surface area contributed by atoms with E-state index >= 15 is 0 Å². The van der Waals surface area contributed by atoms with E-state index in [0.29, 0.717) is 11.3 Å². The Morgan fingerprint density at radius 2 is 1.43 bits per heavy atom. The highest BCUT2D eigenvalue weighted by atomic mass is 16.3. The number of phenolic OH excluding ortho intramolecular Hbond substituents is 3. The summed E-state index contributed by atoms with van der Waals surface area (Å²) in [5.74, 6) is 0.470. The zero-order valence-corrected chi connectivity index (χ0v) is 12.8. The maximum absolute atomic E-state index is 10.4. The van der Waals surface area contributed by atoms with Crippen LogP contribution in [-0.4, -0.2) is 15.3 Å². The van der Waals surface area contributed by atoms with Crippen LogP contribution in [0.2, 0.25) is 0 Å². The first-order valence-corrected chi connectivity index (χ1v) is 7.42. The normalized spacial score (nSPS) is 10.8. The molecule has 0 fully saturated rings. The van der Waals surface area contributed by atoms with Crippen LogP contribution in [0.3, 0.4) is 0 Å². The first-order valence-electron chi connectivity index (χ1n) is 7.42. The lowest BCUT2D eigenvalue weighted by Gasteiger charge is -2.18. The van der Waals surface area contributed by atoms with Crippen LogP contribution < -0.4 is 0 Å². The molecule has 0 spiro atoms. The Hall–Kier alpha value is -2.16. The molecule has 0 aliphatic rings. The monoisotopic (exact) mass is 286 g/mol. The predicted molar refractivity (Wildman–Crippen MR) is 85.0 cm³/mol. The Morgan fingerprint density at radius 1 is 0.762 bits per heavy atom. The van der Waals surface area contributed by atoms with Crippen molar-refractivity contribution in [3.63, 3.8) is 0 Å². The highest BCUT2D eigenvalue weighted by Gasteiger charge is 2.17. The molecule has 3 heteroatoms. The van der Waals surface area contributed by atoms with Crippen molar-refractivity contribution in [1.82, 2.24) is 0 Å². The molecule has 112 valence electrons. The van der Waals surface area contributed by atoms with Crippen LogP contribution >= 0.6 is 0 Å². The Morgan fingerprint density at radius 3 is 1.95 bits per heavy atom. The van der Waals surface area contributed by atoms with Gasteiger partial charge in [-0.3, -0.25) is 0 Å². The minimum absolute atomic E-state index is 0.0412. The van der Waals surface area contributed by atoms with Crippen LogP contribution in [0.1, 0.15) is 37.5 Å². The van der Waals surface area contributed by atoms with Gasteiger partial charge in [0, 0.05) is 11.6 Å². The fourth-order valence-corrected chi connectivity index (χ4v) is 2.87. The van der Waals surface area contributed by atoms with Gasteiger partial charge in [-0.1, -0.05) is 20.8 Å². The third-order valence-electron chi connectivity index (χ3n) is 3.96. The van der Waals surface area contributed by atoms with Crippen LogP contribution in [0.15, 0.2) is 24.3 Å². The summed E-state index contributed by atoms with van der Waals surface area (Å²) >= 11 is 0. The van der Waals surface area contributed by atoms with Crippen LogP contribution in [0.5, 0.6) is 17.2 Å². The van der Waals surface area contributed by atoms with E-state index in [4.69, 9.17) is 0 Å². The molecule has 2 rings (SSSR count). The molecule has 3 N–H and O–H groups in total. The van der Waals surface area contributed by atoms with E-state index in [1.54, 1.807) is 12.1 Å². The highest BCUT2D eigenvalue weighted by Crippen LogP contribution is 2.40. The van der Waals surface area contributed by atoms with E-state index in [9.17, 15) is 15.3 Å². The summed E-state index contributed by atoms with van der Waals surface area (Å²) in [7, 11) is 0. The third-order valence-corrected chi connectivity index (χ3v) is 3.96. The van der Waals surface area contributed by atoms with Crippen molar-refractivity contribution in [2.75, 3.05) is 0 Å². The first-order chi connectivity index (χ1) is 10.0. The zero-order chi connectivity index (χ0) is 15.6. The lowest BCUT2D eigenvalue weighted by molar-refractivity contribution is 0.451. The van der Waals surface area contributed by atoms with E-state index in [-0.39, 0.29) is 11.5 Å². The fraction of sp³-hybridized carbons (Fsp3) is 0.333. The summed E-state index contributed by atoms with van der Waals surface area (Å²) in [6, 6.07) is 6.58. The van der Waals surface area contributed by atoms with Gasteiger partial charge in [0.1, 0.15) is 17.2 Å². The van der Waals surface area contributed by atoms with Crippen LogP contribution in [0.25, 0.3) is 11.1 Å². The van der Waals surface area contributed by atoms with Gasteiger partial charge < -0.3 is 15.3 Å². The smallest absolute Gasteiger partial charge is 0.127 e. The van der Waals surface area contributed by atoms with Gasteiger partial charge in [0.2, 0.25) is 0 Å². The first kappa shape index (κ1) is 15.2. The molecule has 0 saturated heterocycles. The van der Waals surface area contributed by atoms with Gasteiger partial charge in [0.05, 0.1) is 0 Å². The molecule has 3 nitrogen and oxygen atoms in total. The van der Waals surface area contributed by atoms with Gasteiger partial charge >= 0.3 is 0 Å². The predicted octanol–water partition coefficient (Wildman–Crippen LogP) is 4.16. The van der Waals surface area contributed by atoms with E-state index in [1.165, 1.54) is 6.07 Å². The van der Waals surface area contributed by atoms with Crippen LogP contribution in [-0.2, 0) is 19.3 Å². The lowest BCUT2D eigenvalue weighted by Crippen LogP contribution is -1.99. The molecular formula is C18H22O3. The molecule has 0 atom stereocenters. The Bertz CT molecular complexity index is 660. The molecule has 0 bridgehead atoms. The van der Waals surface area contributed by atoms with Gasteiger partial charge in [-0.05, 0) is 59.7 Å². The van der Waals surface area contributed by atoms with Gasteiger partial charge in [0.15, 0.2) is 0 Å². The molecule has 21 heavy (non-hydrogen) atoms. The SMILES string of the molecule is CCc1cc(-c2ccc(O)cc2O)c(CC)c(CC)c1O. The quantitative estimate of drug-likeness (QED) is 0.791. The molecule has 0 unspecified atom stereocenters. The van der Waals surface area contributed by atoms with Crippen molar-refractivity contribution < 1.29 is 15.3 Å². The van der Waals surface area contributed by atoms with Crippen LogP contribution in [0.4, 0.5) is 0 Å². The maximum Gasteiger partial charge on any atom is 0.127 e. The van der Waals surface area contributed by atoms with E-state index < -0.39 is 0 Å². The number of benzene rings is 2. The standard InChI is InChI=1S/C18H22O3/c1-4-11-9-16(13(5-2)14(6-3)18(11)21)15-8-7-12(19)10-17(15)20/h7-10,19-21H,4-6H2,1-3H3. The number of hydrogen-bond acceptors (Lipinski definition) is 3. The van der Waals surface area contributed by atoms with E-state index in [1.807, 2.05) is 26.8 Å². The number of rotatable bonds is 4. The fourth-order valence-electron chi connectivity index (χ4n) is 2.87. The van der Waals surface area contributed by atoms with Gasteiger partial charge in [-0.2, -0.15) is 0 Å². The number of aryl methyl sites for hydroxylation is 1. The Labute approximate surface area is 125 Å². The second-order valence-electron chi connectivity index (χ2n) is 5.15. The summed E-state index contributed by atoms with van der Waals surface area (Å²) in [6.45, 7) is 6.06. The van der Waals surface area contributed by atoms with E-state index in [0.717, 1.165) is 41.5 Å². The molecule has 2 aromatic carbocycles. The minimum Gasteiger partial charge on any atom is -0.508 e. The molecule has 0 aliphatic carbocycles. The largest absolute Gasteiger partial charge is 0.508 e. The third kappa shape index (κ3) is 2.68. The Kier molecular flexibility index (Phi) is 4.41. The average molecular weight is 286 g/mol. The molecular weight excluding hydrogens is 264 g/mol. The highest BCUT2D eigenvalue weighted by molar-refractivity contribution is 5.77. The van der Waals surface area contributed by atoms with Crippen molar-refractivity contribution in [2.45, 2.75) is 40.0 Å². The van der Waals surface area contributed by atoms with Gasteiger partial charge in [0.25, 0.3) is 0 Å². The maximum atomic E-state index is 10.4. The molecule has 0 amide bonds. The summed E-state index contributed by atoms with van der Waals surface area (Å²) in [6.07, 6.45) is 2.25. The minimum atomic E-state index is 0.0412. The van der Waals surface area contributed by atoms with Crippen molar-refractivity contribution in [1.29, 1.82) is 0 Å². The van der Waals surface area contributed by atoms with Gasteiger partial charge in [-0.25, -0.2) is 0 Å². The summed E-state index contributed by atoms with van der Waals surface area (Å²) in [5, 5.41) is 30.0. The van der Waals surface area contributed by atoms with Crippen LogP contribution in [0, 0.1) is 0 Å². The number of aromatic hydroxyl groups is 3. The van der Waals surface area contributed by atoms with Crippen molar-refractivity contribution >= 4 is 0 Å². The second kappa shape index (κ2) is 6.08. The van der Waals surface area contributed by atoms with Crippen molar-refractivity contribution in [3.05, 3.63) is 41.0 Å². The lowest BCUT2D eigenvalue weighted by atomic mass is 9.88. The number of phenols is 3. The van der Waals surface area contributed by atoms with Crippen molar-refractivity contribution in [2.24, 2.45) is 0 Å². The molecule has 0 radical (unpaired) electrons. The van der Waals surface area contributed by atoms with Crippen molar-refractivity contribution in [3.8, 4) is 28.4 Å². The molecule has 0 aliphatic heterocycles. The summed E-state index contributed by atoms with van der Waals surface area (Å²) in [5.41, 5.74) is 4.49. The molecule has 0 aromatic heterocycles. The summed E-state index contributed by atoms with van der Waals surface area (Å²) < 4.78 is 0. The van der Waals surface area contributed by atoms with Gasteiger partial charge in [-0.15, -0.1) is 0 Å². The average Bonchev–Trinajstić information content (AvgIpc) is 2.47. The molecule has 2 aromatic rings. The number of hydrogen-bond donors (Lipinski definition) is 3. The Balaban J connectivity index is 2.78. The topological polar surface area (TPSA) is 60.7 Å². The molecule has 0 heterocycles. The molecule has 0 saturated carbocycles. The zero-order valence-electron chi connectivity index (χ0n) is 12.8. The summed E-state index contributed by atoms with van der Waals surface area (Å²) in [4.78, 5) is 0. The second-order valence-corrected chi connectivity index (χ2v) is 5.15. The van der Waals surface area contributed by atoms with E-state index in [2.05, 4.69) is 0 Å².